The monoisotopic (exact) mass is 331 g/mol. The van der Waals surface area contributed by atoms with E-state index in [4.69, 9.17) is 5.11 Å². The van der Waals surface area contributed by atoms with Gasteiger partial charge in [-0.3, -0.25) is 0 Å². The minimum atomic E-state index is -4.67. The quantitative estimate of drug-likeness (QED) is 0.675. The predicted molar refractivity (Wildman–Crippen MR) is 65.4 cm³/mol. The lowest BCUT2D eigenvalue weighted by molar-refractivity contribution is -0.131. The van der Waals surface area contributed by atoms with Crippen LogP contribution in [-0.2, 0) is 15.0 Å². The Morgan fingerprint density at radius 3 is 2.70 bits per heavy atom. The maximum atomic E-state index is 11.9. The van der Waals surface area contributed by atoms with Crippen LogP contribution in [0, 0.1) is 0 Å². The van der Waals surface area contributed by atoms with Crippen LogP contribution in [0.2, 0.25) is 0 Å². The topological polar surface area (TPSA) is 108 Å². The van der Waals surface area contributed by atoms with Crippen molar-refractivity contribution in [3.8, 4) is 0 Å². The molecule has 3 N–H and O–H groups in total. The third kappa shape index (κ3) is 6.49. The molecule has 112 valence electrons. The lowest BCUT2D eigenvalue weighted by atomic mass is 10.4. The number of alkyl halides is 3. The molecule has 0 aromatic carbocycles. The Balaban J connectivity index is 2.66. The largest absolute Gasteiger partial charge is 0.478 e. The number of hydrogen-bond donors (Lipinski definition) is 3. The molecule has 1 aromatic rings. The number of nitrogens with one attached hydrogen (secondary N) is 2. The van der Waals surface area contributed by atoms with Gasteiger partial charge in [0.25, 0.3) is 0 Å². The van der Waals surface area contributed by atoms with Gasteiger partial charge >= 0.3 is 22.4 Å². The third-order valence-electron chi connectivity index (χ3n) is 1.60. The van der Waals surface area contributed by atoms with E-state index in [0.717, 1.165) is 17.4 Å². The minimum Gasteiger partial charge on any atom is -0.478 e. The number of thiazole rings is 1. The maximum absolute atomic E-state index is 11.9. The Morgan fingerprint density at radius 1 is 1.50 bits per heavy atom. The molecule has 0 unspecified atom stereocenters. The molecule has 1 heterocycles. The van der Waals surface area contributed by atoms with Gasteiger partial charge < -0.3 is 5.11 Å². The van der Waals surface area contributed by atoms with Gasteiger partial charge in [-0.1, -0.05) is 11.3 Å². The predicted octanol–water partition coefficient (Wildman–Crippen LogP) is 1.05. The van der Waals surface area contributed by atoms with Crippen LogP contribution < -0.4 is 9.44 Å². The van der Waals surface area contributed by atoms with Crippen LogP contribution in [0.25, 0.3) is 6.08 Å². The number of carbonyl (C=O) groups is 1. The van der Waals surface area contributed by atoms with E-state index in [9.17, 15) is 26.4 Å². The molecule has 0 bridgehead atoms. The molecule has 0 saturated heterocycles. The molecule has 12 heteroatoms. The van der Waals surface area contributed by atoms with Crippen molar-refractivity contribution in [2.45, 2.75) is 6.18 Å². The summed E-state index contributed by atoms with van der Waals surface area (Å²) in [5.41, 5.74) is 0. The molecule has 1 rings (SSSR count). The molecule has 0 aliphatic rings. The third-order valence-corrected chi connectivity index (χ3v) is 3.59. The molecule has 0 aliphatic heterocycles. The standard InChI is InChI=1S/C8H8F3N3O4S2/c9-8(10,11)4-13-20(17,18)14-7-12-3-5(19-7)1-2-6(15)16/h1-3,13H,4H2,(H,12,14)(H,15,16)/b2-1+. The first kappa shape index (κ1) is 16.4. The molecule has 1 aromatic heterocycles. The van der Waals surface area contributed by atoms with Crippen LogP contribution in [0.15, 0.2) is 12.3 Å². The minimum absolute atomic E-state index is 0.190. The highest BCUT2D eigenvalue weighted by Gasteiger charge is 2.29. The van der Waals surface area contributed by atoms with Gasteiger partial charge in [0.15, 0.2) is 5.13 Å². The zero-order valence-corrected chi connectivity index (χ0v) is 11.1. The number of aliphatic carboxylic acids is 1. The zero-order valence-electron chi connectivity index (χ0n) is 9.51. The number of hydrogen-bond acceptors (Lipinski definition) is 5. The van der Waals surface area contributed by atoms with E-state index in [2.05, 4.69) is 4.98 Å². The first-order valence-corrected chi connectivity index (χ1v) is 7.08. The van der Waals surface area contributed by atoms with Gasteiger partial charge in [0.2, 0.25) is 0 Å². The Bertz CT molecular complexity index is 609. The Morgan fingerprint density at radius 2 is 2.15 bits per heavy atom. The smallest absolute Gasteiger partial charge is 0.402 e. The van der Waals surface area contributed by atoms with Crippen molar-refractivity contribution in [2.75, 3.05) is 11.3 Å². The second kappa shape index (κ2) is 6.19. The lowest BCUT2D eigenvalue weighted by Gasteiger charge is -2.09. The van der Waals surface area contributed by atoms with E-state index < -0.39 is 28.9 Å². The molecular weight excluding hydrogens is 323 g/mol. The molecule has 0 aliphatic carbocycles. The summed E-state index contributed by atoms with van der Waals surface area (Å²) >= 11 is 0.762. The Kier molecular flexibility index (Phi) is 5.08. The number of anilines is 1. The maximum Gasteiger partial charge on any atom is 0.402 e. The number of rotatable bonds is 6. The lowest BCUT2D eigenvalue weighted by Crippen LogP contribution is -2.37. The summed E-state index contributed by atoms with van der Waals surface area (Å²) in [5, 5.41) is 8.19. The Labute approximate surface area is 115 Å². The summed E-state index contributed by atoms with van der Waals surface area (Å²) in [5.74, 6) is -1.20. The van der Waals surface area contributed by atoms with Crippen molar-refractivity contribution in [3.05, 3.63) is 17.2 Å². The summed E-state index contributed by atoms with van der Waals surface area (Å²) < 4.78 is 61.2. The van der Waals surface area contributed by atoms with Gasteiger partial charge in [-0.2, -0.15) is 26.3 Å². The van der Waals surface area contributed by atoms with Crippen LogP contribution >= 0.6 is 11.3 Å². The molecule has 20 heavy (non-hydrogen) atoms. The fraction of sp³-hybridized carbons (Fsp3) is 0.250. The summed E-state index contributed by atoms with van der Waals surface area (Å²) in [4.78, 5) is 14.2. The molecule has 0 saturated carbocycles. The first-order chi connectivity index (χ1) is 9.07. The van der Waals surface area contributed by atoms with Crippen LogP contribution in [0.3, 0.4) is 0 Å². The van der Waals surface area contributed by atoms with Crippen molar-refractivity contribution < 1.29 is 31.5 Å². The number of carboxylic acids is 1. The van der Waals surface area contributed by atoms with Crippen LogP contribution in [0.5, 0.6) is 0 Å². The van der Waals surface area contributed by atoms with E-state index >= 15 is 0 Å². The fourth-order valence-electron chi connectivity index (χ4n) is 0.892. The van der Waals surface area contributed by atoms with Crippen molar-refractivity contribution in [1.82, 2.24) is 9.71 Å². The van der Waals surface area contributed by atoms with Crippen molar-refractivity contribution in [1.29, 1.82) is 0 Å². The fourth-order valence-corrected chi connectivity index (χ4v) is 2.67. The summed E-state index contributed by atoms with van der Waals surface area (Å²) in [6, 6.07) is 0. The highest BCUT2D eigenvalue weighted by molar-refractivity contribution is 7.91. The van der Waals surface area contributed by atoms with E-state index in [1.807, 2.05) is 0 Å². The molecular formula is C8H8F3N3O4S2. The number of nitrogens with zero attached hydrogens (tertiary/aromatic N) is 1. The summed E-state index contributed by atoms with van der Waals surface area (Å²) in [6.07, 6.45) is -1.52. The normalized spacial score (nSPS) is 12.8. The second-order valence-electron chi connectivity index (χ2n) is 3.28. The van der Waals surface area contributed by atoms with Crippen molar-refractivity contribution in [2.24, 2.45) is 0 Å². The molecule has 0 amide bonds. The van der Waals surface area contributed by atoms with Gasteiger partial charge in [0.05, 0.1) is 0 Å². The van der Waals surface area contributed by atoms with Gasteiger partial charge in [0.1, 0.15) is 6.54 Å². The van der Waals surface area contributed by atoms with Gasteiger partial charge in [-0.25, -0.2) is 14.5 Å². The average Bonchev–Trinajstić information content (AvgIpc) is 2.70. The highest BCUT2D eigenvalue weighted by Crippen LogP contribution is 2.20. The second-order valence-corrected chi connectivity index (χ2v) is 5.84. The highest BCUT2D eigenvalue weighted by atomic mass is 32.2. The SMILES string of the molecule is O=C(O)/C=C/c1cnc(NS(=O)(=O)NCC(F)(F)F)s1. The Hall–Kier alpha value is -1.66. The van der Waals surface area contributed by atoms with Gasteiger partial charge in [-0.15, -0.1) is 0 Å². The molecule has 7 nitrogen and oxygen atoms in total. The average molecular weight is 331 g/mol. The summed E-state index contributed by atoms with van der Waals surface area (Å²) in [6.45, 7) is -1.71. The molecule has 0 fully saturated rings. The number of halogens is 3. The van der Waals surface area contributed by atoms with Crippen molar-refractivity contribution >= 4 is 38.7 Å². The molecule has 0 radical (unpaired) electrons. The molecule has 0 atom stereocenters. The van der Waals surface area contributed by atoms with E-state index in [-0.39, 0.29) is 5.13 Å². The van der Waals surface area contributed by atoms with Gasteiger partial charge in [0, 0.05) is 17.2 Å². The number of aromatic nitrogens is 1. The van der Waals surface area contributed by atoms with E-state index in [1.165, 1.54) is 17.0 Å². The van der Waals surface area contributed by atoms with E-state index in [0.29, 0.717) is 4.88 Å². The molecule has 0 spiro atoms. The van der Waals surface area contributed by atoms with Gasteiger partial charge in [-0.05, 0) is 6.08 Å². The summed E-state index contributed by atoms with van der Waals surface area (Å²) in [7, 11) is -4.40. The first-order valence-electron chi connectivity index (χ1n) is 4.78. The van der Waals surface area contributed by atoms with Crippen LogP contribution in [0.4, 0.5) is 18.3 Å². The van der Waals surface area contributed by atoms with Crippen LogP contribution in [0.1, 0.15) is 4.88 Å². The van der Waals surface area contributed by atoms with E-state index in [1.54, 1.807) is 4.72 Å². The number of carboxylic acid groups (broad SMARTS) is 1. The van der Waals surface area contributed by atoms with Crippen molar-refractivity contribution in [3.63, 3.8) is 0 Å². The zero-order chi connectivity index (χ0) is 15.4. The van der Waals surface area contributed by atoms with Crippen LogP contribution in [-0.4, -0.2) is 37.2 Å².